The van der Waals surface area contributed by atoms with Crippen LogP contribution in [0.25, 0.3) is 10.1 Å². The van der Waals surface area contributed by atoms with Crippen molar-refractivity contribution in [3.05, 3.63) is 70.1 Å². The van der Waals surface area contributed by atoms with E-state index in [4.69, 9.17) is 0 Å². The Hall–Kier alpha value is -1.64. The van der Waals surface area contributed by atoms with Gasteiger partial charge >= 0.3 is 0 Å². The van der Waals surface area contributed by atoms with Crippen molar-refractivity contribution in [2.75, 3.05) is 6.54 Å². The Morgan fingerprint density at radius 3 is 2.52 bits per heavy atom. The maximum Gasteiger partial charge on any atom is 0.0671 e. The maximum absolute atomic E-state index is 3.63. The van der Waals surface area contributed by atoms with Gasteiger partial charge in [-0.3, -0.25) is 0 Å². The summed E-state index contributed by atoms with van der Waals surface area (Å²) in [5, 5.41) is 4.97. The Morgan fingerprint density at radius 2 is 1.81 bits per heavy atom. The monoisotopic (exact) mass is 295 g/mol. The standard InChI is InChI=1S/C19H21NS/c1-4-20-19(16-10-9-13(2)14(3)11-16)18-12-15-7-5-6-8-17(15)21-18/h5-12,19-20H,4H2,1-3H3. The molecule has 0 amide bonds. The van der Waals surface area contributed by atoms with Gasteiger partial charge < -0.3 is 5.32 Å². The minimum atomic E-state index is 0.284. The van der Waals surface area contributed by atoms with Gasteiger partial charge in [-0.15, -0.1) is 11.3 Å². The lowest BCUT2D eigenvalue weighted by atomic mass is 9.99. The van der Waals surface area contributed by atoms with Crippen molar-refractivity contribution < 1.29 is 0 Å². The third-order valence-electron chi connectivity index (χ3n) is 4.00. The molecule has 0 aliphatic heterocycles. The Balaban J connectivity index is 2.05. The van der Waals surface area contributed by atoms with Crippen LogP contribution >= 0.6 is 11.3 Å². The van der Waals surface area contributed by atoms with Crippen LogP contribution in [0.15, 0.2) is 48.5 Å². The van der Waals surface area contributed by atoms with E-state index in [0.29, 0.717) is 0 Å². The summed E-state index contributed by atoms with van der Waals surface area (Å²) in [5.74, 6) is 0. The van der Waals surface area contributed by atoms with Gasteiger partial charge in [0.1, 0.15) is 0 Å². The highest BCUT2D eigenvalue weighted by Crippen LogP contribution is 2.33. The average Bonchev–Trinajstić information content (AvgIpc) is 2.91. The number of thiophene rings is 1. The van der Waals surface area contributed by atoms with Crippen molar-refractivity contribution in [3.8, 4) is 0 Å². The Labute approximate surface area is 130 Å². The molecular weight excluding hydrogens is 274 g/mol. The predicted molar refractivity (Wildman–Crippen MR) is 93.3 cm³/mol. The molecule has 1 unspecified atom stereocenters. The van der Waals surface area contributed by atoms with Crippen molar-refractivity contribution in [2.45, 2.75) is 26.8 Å². The molecular formula is C19H21NS. The van der Waals surface area contributed by atoms with Crippen LogP contribution < -0.4 is 5.32 Å². The number of rotatable bonds is 4. The fourth-order valence-corrected chi connectivity index (χ4v) is 3.84. The molecule has 108 valence electrons. The van der Waals surface area contributed by atoms with Gasteiger partial charge in [0.15, 0.2) is 0 Å². The van der Waals surface area contributed by atoms with Crippen molar-refractivity contribution >= 4 is 21.4 Å². The molecule has 0 aliphatic rings. The van der Waals surface area contributed by atoms with Crippen LogP contribution in [-0.2, 0) is 0 Å². The van der Waals surface area contributed by atoms with Crippen molar-refractivity contribution in [3.63, 3.8) is 0 Å². The molecule has 0 spiro atoms. The van der Waals surface area contributed by atoms with E-state index >= 15 is 0 Å². The minimum absolute atomic E-state index is 0.284. The predicted octanol–water partition coefficient (Wildman–Crippen LogP) is 5.22. The van der Waals surface area contributed by atoms with Gasteiger partial charge in [-0.2, -0.15) is 0 Å². The lowest BCUT2D eigenvalue weighted by Gasteiger charge is -2.18. The number of benzene rings is 2. The molecule has 1 nitrogen and oxygen atoms in total. The molecule has 0 bridgehead atoms. The second-order valence-corrected chi connectivity index (χ2v) is 6.64. The van der Waals surface area contributed by atoms with E-state index in [1.54, 1.807) is 0 Å². The largest absolute Gasteiger partial charge is 0.306 e. The average molecular weight is 295 g/mol. The molecule has 0 radical (unpaired) electrons. The fourth-order valence-electron chi connectivity index (χ4n) is 2.68. The van der Waals surface area contributed by atoms with Crippen LogP contribution in [0, 0.1) is 13.8 Å². The number of fused-ring (bicyclic) bond motifs is 1. The van der Waals surface area contributed by atoms with Crippen LogP contribution in [0.4, 0.5) is 0 Å². The summed E-state index contributed by atoms with van der Waals surface area (Å²) in [6.45, 7) is 7.49. The molecule has 1 atom stereocenters. The molecule has 1 aromatic heterocycles. The van der Waals surface area contributed by atoms with Crippen molar-refractivity contribution in [2.24, 2.45) is 0 Å². The highest BCUT2D eigenvalue weighted by molar-refractivity contribution is 7.19. The second kappa shape index (κ2) is 6.00. The molecule has 1 N–H and O–H groups in total. The van der Waals surface area contributed by atoms with E-state index in [1.165, 1.54) is 31.7 Å². The van der Waals surface area contributed by atoms with Gasteiger partial charge in [0.25, 0.3) is 0 Å². The molecule has 21 heavy (non-hydrogen) atoms. The zero-order chi connectivity index (χ0) is 14.8. The minimum Gasteiger partial charge on any atom is -0.306 e. The van der Waals surface area contributed by atoms with E-state index in [9.17, 15) is 0 Å². The number of hydrogen-bond donors (Lipinski definition) is 1. The van der Waals surface area contributed by atoms with Crippen molar-refractivity contribution in [1.29, 1.82) is 0 Å². The smallest absolute Gasteiger partial charge is 0.0671 e. The first-order chi connectivity index (χ1) is 10.2. The summed E-state index contributed by atoms with van der Waals surface area (Å²) in [6.07, 6.45) is 0. The van der Waals surface area contributed by atoms with E-state index in [-0.39, 0.29) is 6.04 Å². The van der Waals surface area contributed by atoms with Gasteiger partial charge in [0.05, 0.1) is 6.04 Å². The Morgan fingerprint density at radius 1 is 1.00 bits per heavy atom. The number of nitrogens with one attached hydrogen (secondary N) is 1. The van der Waals surface area contributed by atoms with Crippen molar-refractivity contribution in [1.82, 2.24) is 5.32 Å². The fraction of sp³-hybridized carbons (Fsp3) is 0.263. The summed E-state index contributed by atoms with van der Waals surface area (Å²) < 4.78 is 1.36. The van der Waals surface area contributed by atoms with Gasteiger partial charge in [-0.05, 0) is 54.6 Å². The van der Waals surface area contributed by atoms with Crippen LogP contribution in [0.3, 0.4) is 0 Å². The van der Waals surface area contributed by atoms with E-state index in [2.05, 4.69) is 74.6 Å². The summed E-state index contributed by atoms with van der Waals surface area (Å²) >= 11 is 1.89. The number of hydrogen-bond acceptors (Lipinski definition) is 2. The Kier molecular flexibility index (Phi) is 4.09. The SMILES string of the molecule is CCNC(c1ccc(C)c(C)c1)c1cc2ccccc2s1. The van der Waals surface area contributed by atoms with Crippen LogP contribution in [0.1, 0.15) is 34.5 Å². The van der Waals surface area contributed by atoms with Crippen LogP contribution in [-0.4, -0.2) is 6.54 Å². The lowest BCUT2D eigenvalue weighted by Crippen LogP contribution is -2.21. The summed E-state index contributed by atoms with van der Waals surface area (Å²) in [7, 11) is 0. The summed E-state index contributed by atoms with van der Waals surface area (Å²) in [6, 6.07) is 18.0. The molecule has 2 aromatic carbocycles. The quantitative estimate of drug-likeness (QED) is 0.696. The van der Waals surface area contributed by atoms with Gasteiger partial charge in [-0.1, -0.05) is 43.3 Å². The second-order valence-electron chi connectivity index (χ2n) is 5.52. The normalized spacial score (nSPS) is 12.7. The first-order valence-corrected chi connectivity index (χ1v) is 8.29. The molecule has 0 aliphatic carbocycles. The van der Waals surface area contributed by atoms with Gasteiger partial charge in [-0.25, -0.2) is 0 Å². The van der Waals surface area contributed by atoms with Gasteiger partial charge in [0, 0.05) is 9.58 Å². The summed E-state index contributed by atoms with van der Waals surface area (Å²) in [5.41, 5.74) is 4.06. The van der Waals surface area contributed by atoms with E-state index in [0.717, 1.165) is 6.54 Å². The highest BCUT2D eigenvalue weighted by Gasteiger charge is 2.16. The molecule has 2 heteroatoms. The topological polar surface area (TPSA) is 12.0 Å². The lowest BCUT2D eigenvalue weighted by molar-refractivity contribution is 0.639. The van der Waals surface area contributed by atoms with E-state index in [1.807, 2.05) is 11.3 Å². The highest BCUT2D eigenvalue weighted by atomic mass is 32.1. The maximum atomic E-state index is 3.63. The zero-order valence-electron chi connectivity index (χ0n) is 12.8. The molecule has 3 aromatic rings. The molecule has 0 saturated heterocycles. The van der Waals surface area contributed by atoms with Crippen LogP contribution in [0.2, 0.25) is 0 Å². The third-order valence-corrected chi connectivity index (χ3v) is 5.18. The van der Waals surface area contributed by atoms with Gasteiger partial charge in [0.2, 0.25) is 0 Å². The zero-order valence-corrected chi connectivity index (χ0v) is 13.6. The third kappa shape index (κ3) is 2.87. The first kappa shape index (κ1) is 14.3. The molecule has 3 rings (SSSR count). The molecule has 0 saturated carbocycles. The molecule has 1 heterocycles. The molecule has 0 fully saturated rings. The van der Waals surface area contributed by atoms with Crippen LogP contribution in [0.5, 0.6) is 0 Å². The Bertz CT molecular complexity index is 724. The first-order valence-electron chi connectivity index (χ1n) is 7.48. The summed E-state index contributed by atoms with van der Waals surface area (Å²) in [4.78, 5) is 1.39. The number of aryl methyl sites for hydroxylation is 2. The van der Waals surface area contributed by atoms with E-state index < -0.39 is 0 Å².